The molecule has 0 fully saturated rings. The number of methoxy groups -OCH3 is 1. The van der Waals surface area contributed by atoms with Crippen molar-refractivity contribution in [1.82, 2.24) is 5.32 Å². The summed E-state index contributed by atoms with van der Waals surface area (Å²) in [5, 5.41) is 6.58. The van der Waals surface area contributed by atoms with E-state index < -0.39 is 5.97 Å². The summed E-state index contributed by atoms with van der Waals surface area (Å²) < 4.78 is 4.83. The van der Waals surface area contributed by atoms with Crippen LogP contribution in [0.2, 0.25) is 0 Å². The van der Waals surface area contributed by atoms with E-state index in [4.69, 9.17) is 11.2 Å². The molecule has 0 bridgehead atoms. The van der Waals surface area contributed by atoms with E-state index in [1.54, 1.807) is 0 Å². The van der Waals surface area contributed by atoms with Crippen molar-refractivity contribution in [2.75, 3.05) is 19.0 Å². The number of rotatable bonds is 4. The molecule has 5 nitrogen and oxygen atoms in total. The smallest absolute Gasteiger partial charge is 0.341 e. The molecule has 0 saturated carbocycles. The van der Waals surface area contributed by atoms with Gasteiger partial charge >= 0.3 is 5.97 Å². The predicted molar refractivity (Wildman–Crippen MR) is 77.8 cm³/mol. The number of esters is 1. The lowest BCUT2D eigenvalue weighted by atomic mass is 10.0. The Bertz CT molecular complexity index is 572. The van der Waals surface area contributed by atoms with Gasteiger partial charge in [0.2, 0.25) is 5.91 Å². The molecule has 2 rings (SSSR count). The lowest BCUT2D eigenvalue weighted by Gasteiger charge is -2.13. The predicted octanol–water partition coefficient (Wildman–Crippen LogP) is 1.53. The Morgan fingerprint density at radius 1 is 1.55 bits per heavy atom. The van der Waals surface area contributed by atoms with Gasteiger partial charge in [-0.05, 0) is 18.5 Å². The second-order valence-corrected chi connectivity index (χ2v) is 5.48. The van der Waals surface area contributed by atoms with Gasteiger partial charge in [0, 0.05) is 24.3 Å². The maximum absolute atomic E-state index is 11.9. The largest absolute Gasteiger partial charge is 0.465 e. The number of ether oxygens (including phenoxy) is 1. The summed E-state index contributed by atoms with van der Waals surface area (Å²) >= 11 is 1.42. The fourth-order valence-corrected chi connectivity index (χ4v) is 3.34. The number of thiophene rings is 1. The molecule has 2 N–H and O–H groups in total. The average Bonchev–Trinajstić information content (AvgIpc) is 2.82. The molecule has 106 valence electrons. The summed E-state index contributed by atoms with van der Waals surface area (Å²) in [6.07, 6.45) is 6.53. The summed E-state index contributed by atoms with van der Waals surface area (Å²) in [4.78, 5) is 24.8. The molecule has 20 heavy (non-hydrogen) atoms. The zero-order valence-corrected chi connectivity index (χ0v) is 12.1. The molecule has 2 heterocycles. The molecule has 0 aromatic carbocycles. The monoisotopic (exact) mass is 292 g/mol. The van der Waals surface area contributed by atoms with Crippen LogP contribution >= 0.6 is 11.3 Å². The van der Waals surface area contributed by atoms with Crippen LogP contribution in [0.3, 0.4) is 0 Å². The van der Waals surface area contributed by atoms with Crippen LogP contribution in [0.5, 0.6) is 0 Å². The topological polar surface area (TPSA) is 67.4 Å². The van der Waals surface area contributed by atoms with Crippen LogP contribution in [-0.4, -0.2) is 25.5 Å². The molecule has 1 aliphatic heterocycles. The molecule has 1 aromatic heterocycles. The van der Waals surface area contributed by atoms with Crippen LogP contribution in [0.1, 0.15) is 33.6 Å². The first kappa shape index (κ1) is 14.6. The minimum atomic E-state index is -0.406. The normalized spacial score (nSPS) is 13.2. The summed E-state index contributed by atoms with van der Waals surface area (Å²) in [7, 11) is 1.34. The first-order valence-electron chi connectivity index (χ1n) is 6.34. The summed E-state index contributed by atoms with van der Waals surface area (Å²) in [5.41, 5.74) is 1.47. The fourth-order valence-electron chi connectivity index (χ4n) is 2.12. The molecule has 0 unspecified atom stereocenters. The Kier molecular flexibility index (Phi) is 4.77. The van der Waals surface area contributed by atoms with Gasteiger partial charge in [-0.3, -0.25) is 4.79 Å². The van der Waals surface area contributed by atoms with Crippen LogP contribution in [0, 0.1) is 12.3 Å². The molecule has 0 saturated heterocycles. The second-order valence-electron chi connectivity index (χ2n) is 4.38. The SMILES string of the molecule is C#CCCC(=O)Nc1sc2c(c1C(=O)OC)CCNC2. The molecular formula is C14H16N2O3S. The van der Waals surface area contributed by atoms with Crippen molar-refractivity contribution in [3.63, 3.8) is 0 Å². The number of amides is 1. The van der Waals surface area contributed by atoms with Gasteiger partial charge in [-0.25, -0.2) is 4.79 Å². The van der Waals surface area contributed by atoms with E-state index in [1.165, 1.54) is 18.4 Å². The van der Waals surface area contributed by atoms with Gasteiger partial charge in [-0.15, -0.1) is 23.7 Å². The van der Waals surface area contributed by atoms with Gasteiger partial charge in [-0.1, -0.05) is 0 Å². The Morgan fingerprint density at radius 2 is 2.35 bits per heavy atom. The van der Waals surface area contributed by atoms with Crippen LogP contribution < -0.4 is 10.6 Å². The third kappa shape index (κ3) is 3.00. The standard InChI is InChI=1S/C14H16N2O3S/c1-3-4-5-11(17)16-13-12(14(18)19-2)9-6-7-15-8-10(9)20-13/h1,15H,4-8H2,2H3,(H,16,17). The van der Waals surface area contributed by atoms with Gasteiger partial charge in [0.1, 0.15) is 5.00 Å². The van der Waals surface area contributed by atoms with Crippen molar-refractivity contribution in [1.29, 1.82) is 0 Å². The van der Waals surface area contributed by atoms with Crippen LogP contribution in [0.15, 0.2) is 0 Å². The number of carbonyl (C=O) groups is 2. The van der Waals surface area contributed by atoms with Gasteiger partial charge in [-0.2, -0.15) is 0 Å². The Labute approximate surface area is 121 Å². The van der Waals surface area contributed by atoms with E-state index in [-0.39, 0.29) is 12.3 Å². The maximum Gasteiger partial charge on any atom is 0.341 e. The molecular weight excluding hydrogens is 276 g/mol. The van der Waals surface area contributed by atoms with Crippen LogP contribution in [-0.2, 0) is 22.5 Å². The number of anilines is 1. The number of carbonyl (C=O) groups excluding carboxylic acids is 2. The maximum atomic E-state index is 11.9. The number of terminal acetylenes is 1. The number of fused-ring (bicyclic) bond motifs is 1. The second kappa shape index (κ2) is 6.55. The number of hydrogen-bond acceptors (Lipinski definition) is 5. The van der Waals surface area contributed by atoms with Crippen LogP contribution in [0.25, 0.3) is 0 Å². The van der Waals surface area contributed by atoms with E-state index in [9.17, 15) is 9.59 Å². The first-order valence-corrected chi connectivity index (χ1v) is 7.16. The number of nitrogens with one attached hydrogen (secondary N) is 2. The van der Waals surface area contributed by atoms with Crippen molar-refractivity contribution in [3.8, 4) is 12.3 Å². The van der Waals surface area contributed by atoms with Gasteiger partial charge in [0.25, 0.3) is 0 Å². The van der Waals surface area contributed by atoms with E-state index >= 15 is 0 Å². The first-order chi connectivity index (χ1) is 9.67. The minimum Gasteiger partial charge on any atom is -0.465 e. The third-order valence-corrected chi connectivity index (χ3v) is 4.21. The van der Waals surface area contributed by atoms with Gasteiger partial charge in [0.05, 0.1) is 12.7 Å². The van der Waals surface area contributed by atoms with Crippen molar-refractivity contribution < 1.29 is 14.3 Å². The quantitative estimate of drug-likeness (QED) is 0.652. The Balaban J connectivity index is 2.27. The summed E-state index contributed by atoms with van der Waals surface area (Å²) in [5.74, 6) is 1.84. The molecule has 0 atom stereocenters. The van der Waals surface area contributed by atoms with E-state index in [2.05, 4.69) is 16.6 Å². The van der Waals surface area contributed by atoms with E-state index in [1.807, 2.05) is 0 Å². The van der Waals surface area contributed by atoms with E-state index in [0.29, 0.717) is 23.5 Å². The van der Waals surface area contributed by atoms with Crippen molar-refractivity contribution >= 4 is 28.2 Å². The third-order valence-electron chi connectivity index (χ3n) is 3.07. The molecule has 0 aliphatic carbocycles. The van der Waals surface area contributed by atoms with Crippen molar-refractivity contribution in [2.24, 2.45) is 0 Å². The van der Waals surface area contributed by atoms with Crippen molar-refractivity contribution in [2.45, 2.75) is 25.8 Å². The van der Waals surface area contributed by atoms with E-state index in [0.717, 1.165) is 23.4 Å². The highest BCUT2D eigenvalue weighted by Gasteiger charge is 2.26. The molecule has 1 aliphatic rings. The van der Waals surface area contributed by atoms with Crippen LogP contribution in [0.4, 0.5) is 5.00 Å². The zero-order chi connectivity index (χ0) is 14.5. The zero-order valence-electron chi connectivity index (χ0n) is 11.2. The molecule has 1 amide bonds. The van der Waals surface area contributed by atoms with Crippen molar-refractivity contribution in [3.05, 3.63) is 16.0 Å². The summed E-state index contributed by atoms with van der Waals surface area (Å²) in [6, 6.07) is 0. The average molecular weight is 292 g/mol. The Morgan fingerprint density at radius 3 is 3.05 bits per heavy atom. The lowest BCUT2D eigenvalue weighted by Crippen LogP contribution is -2.23. The highest BCUT2D eigenvalue weighted by atomic mass is 32.1. The van der Waals surface area contributed by atoms with Gasteiger partial charge < -0.3 is 15.4 Å². The molecule has 0 spiro atoms. The van der Waals surface area contributed by atoms with Gasteiger partial charge in [0.15, 0.2) is 0 Å². The Hall–Kier alpha value is -1.84. The molecule has 6 heteroatoms. The number of hydrogen-bond donors (Lipinski definition) is 2. The lowest BCUT2D eigenvalue weighted by molar-refractivity contribution is -0.116. The molecule has 1 aromatic rings. The fraction of sp³-hybridized carbons (Fsp3) is 0.429. The summed E-state index contributed by atoms with van der Waals surface area (Å²) in [6.45, 7) is 1.53. The highest BCUT2D eigenvalue weighted by Crippen LogP contribution is 2.35. The minimum absolute atomic E-state index is 0.181. The highest BCUT2D eigenvalue weighted by molar-refractivity contribution is 7.17. The molecule has 0 radical (unpaired) electrons.